The third-order valence-electron chi connectivity index (χ3n) is 6.83. The Morgan fingerprint density at radius 1 is 1.02 bits per heavy atom. The summed E-state index contributed by atoms with van der Waals surface area (Å²) in [5.41, 5.74) is -1.01. The van der Waals surface area contributed by atoms with Gasteiger partial charge in [0.15, 0.2) is 23.5 Å². The molecular weight excluding hydrogens is 632 g/mol. The average molecular weight is 650 g/mol. The monoisotopic (exact) mass is 649 g/mol. The van der Waals surface area contributed by atoms with Crippen LogP contribution in [0.2, 0.25) is 5.02 Å². The number of alkyl halides is 5. The van der Waals surface area contributed by atoms with Crippen molar-refractivity contribution in [3.05, 3.63) is 101 Å². The molecule has 12 nitrogen and oxygen atoms in total. The van der Waals surface area contributed by atoms with Gasteiger partial charge >= 0.3 is 12.7 Å². The summed E-state index contributed by atoms with van der Waals surface area (Å²) in [4.78, 5) is 4.18. The molecule has 0 saturated heterocycles. The first kappa shape index (κ1) is 29.8. The maximum Gasteiger partial charge on any atom is 0.436 e. The van der Waals surface area contributed by atoms with Crippen LogP contribution in [0.3, 0.4) is 0 Å². The van der Waals surface area contributed by atoms with Gasteiger partial charge in [-0.15, -0.1) is 5.10 Å². The van der Waals surface area contributed by atoms with Crippen LogP contribution >= 0.6 is 11.6 Å². The molecule has 1 aromatic carbocycles. The molecule has 0 fully saturated rings. The van der Waals surface area contributed by atoms with Crippen molar-refractivity contribution < 1.29 is 31.1 Å². The van der Waals surface area contributed by atoms with Crippen LogP contribution in [0, 0.1) is 11.0 Å². The Hall–Kier alpha value is -5.26. The second-order valence-electron chi connectivity index (χ2n) is 9.67. The van der Waals surface area contributed by atoms with Gasteiger partial charge in [-0.2, -0.15) is 42.0 Å². The van der Waals surface area contributed by atoms with E-state index in [2.05, 4.69) is 30.6 Å². The summed E-state index contributed by atoms with van der Waals surface area (Å²) >= 11 is 6.00. The minimum Gasteiger partial charge on any atom is -0.618 e. The highest BCUT2D eigenvalue weighted by atomic mass is 35.5. The van der Waals surface area contributed by atoms with Gasteiger partial charge in [0.05, 0.1) is 45.5 Å². The van der Waals surface area contributed by atoms with Gasteiger partial charge in [-0.05, 0) is 24.3 Å². The fraction of sp³-hybridized carbons (Fsp3) is 0.192. The second kappa shape index (κ2) is 11.3. The molecule has 6 aromatic rings. The van der Waals surface area contributed by atoms with E-state index in [0.717, 1.165) is 23.1 Å². The minimum absolute atomic E-state index is 0.0474. The molecule has 0 aliphatic rings. The molecule has 5 heterocycles. The molecular formula is C26H18ClF6N11O. The molecule has 0 spiro atoms. The van der Waals surface area contributed by atoms with Crippen LogP contribution in [0.4, 0.5) is 26.3 Å². The van der Waals surface area contributed by atoms with Crippen LogP contribution in [-0.4, -0.2) is 49.3 Å². The third-order valence-corrected chi connectivity index (χ3v) is 7.13. The zero-order valence-electron chi connectivity index (χ0n) is 22.7. The lowest BCUT2D eigenvalue weighted by molar-refractivity contribution is -0.615. The van der Waals surface area contributed by atoms with Crippen LogP contribution in [0.25, 0.3) is 28.2 Å². The number of pyridine rings is 1. The molecule has 0 amide bonds. The van der Waals surface area contributed by atoms with Gasteiger partial charge in [-0.1, -0.05) is 16.8 Å². The van der Waals surface area contributed by atoms with Crippen LogP contribution in [0.5, 0.6) is 0 Å². The topological polar surface area (TPSA) is 124 Å². The van der Waals surface area contributed by atoms with E-state index in [-0.39, 0.29) is 39.6 Å². The minimum atomic E-state index is -4.80. The van der Waals surface area contributed by atoms with Crippen molar-refractivity contribution in [3.8, 4) is 28.2 Å². The molecule has 6 rings (SSSR count). The molecule has 0 aliphatic carbocycles. The number of benzene rings is 1. The summed E-state index contributed by atoms with van der Waals surface area (Å²) in [7, 11) is 1.67. The van der Waals surface area contributed by atoms with Crippen molar-refractivity contribution in [1.82, 2.24) is 49.3 Å². The van der Waals surface area contributed by atoms with E-state index in [4.69, 9.17) is 11.6 Å². The van der Waals surface area contributed by atoms with E-state index in [1.165, 1.54) is 46.2 Å². The largest absolute Gasteiger partial charge is 0.618 e. The molecule has 0 unspecified atom stereocenters. The SMILES string of the molecule is Cn1ncnc1-c1cnn([C@@H](Cc2ccn(C(F)F)n2)c2ccc(-c3c(-n4cc(C(F)(F)F)nn4)ccc(Cl)c3F)c[n+]2[O-])c1. The Kier molecular flexibility index (Phi) is 7.51. The molecule has 5 aromatic heterocycles. The number of nitrogens with zero attached hydrogens (tertiary/aromatic N) is 11. The Labute approximate surface area is 253 Å². The van der Waals surface area contributed by atoms with Gasteiger partial charge < -0.3 is 5.21 Å². The molecule has 232 valence electrons. The van der Waals surface area contributed by atoms with Crippen LogP contribution in [0.1, 0.15) is 29.7 Å². The lowest BCUT2D eigenvalue weighted by Crippen LogP contribution is -2.36. The number of aromatic nitrogens is 11. The van der Waals surface area contributed by atoms with Gasteiger partial charge in [-0.25, -0.2) is 23.4 Å². The Morgan fingerprint density at radius 3 is 2.47 bits per heavy atom. The first-order valence-electron chi connectivity index (χ1n) is 12.8. The number of hydrogen-bond donors (Lipinski definition) is 0. The predicted octanol–water partition coefficient (Wildman–Crippen LogP) is 4.79. The molecule has 0 aliphatic heterocycles. The summed E-state index contributed by atoms with van der Waals surface area (Å²) in [6, 6.07) is 5.54. The number of halogens is 7. The van der Waals surface area contributed by atoms with Crippen molar-refractivity contribution in [1.29, 1.82) is 0 Å². The second-order valence-corrected chi connectivity index (χ2v) is 10.1. The highest BCUT2D eigenvalue weighted by molar-refractivity contribution is 6.31. The van der Waals surface area contributed by atoms with Crippen molar-refractivity contribution >= 4 is 11.6 Å². The van der Waals surface area contributed by atoms with Crippen LogP contribution in [-0.2, 0) is 19.6 Å². The number of hydrogen-bond acceptors (Lipinski definition) is 7. The molecule has 1 atom stereocenters. The normalized spacial score (nSPS) is 12.7. The van der Waals surface area contributed by atoms with Gasteiger partial charge in [0.25, 0.3) is 0 Å². The number of rotatable bonds is 8. The van der Waals surface area contributed by atoms with E-state index >= 15 is 4.39 Å². The van der Waals surface area contributed by atoms with Gasteiger partial charge in [0.1, 0.15) is 12.4 Å². The quantitative estimate of drug-likeness (QED) is 0.132. The van der Waals surface area contributed by atoms with E-state index in [9.17, 15) is 27.2 Å². The predicted molar refractivity (Wildman–Crippen MR) is 143 cm³/mol. The summed E-state index contributed by atoms with van der Waals surface area (Å²) in [6.45, 7) is -2.88. The van der Waals surface area contributed by atoms with Gasteiger partial charge in [-0.3, -0.25) is 4.68 Å². The molecule has 45 heavy (non-hydrogen) atoms. The molecule has 0 saturated carbocycles. The lowest BCUT2D eigenvalue weighted by atomic mass is 10.0. The standard InChI is InChI=1S/C26H18ClF6N11O/c1-40-24(34-13-36-40)15-9-35-42(10-15)20(8-16-6-7-41(38-16)25(29)30)18-4-2-14(11-44(18)45)22-19(5-3-17(27)23(22)28)43-12-21(37-39-43)26(31,32)33/h2-7,9-13,20,25H,8H2,1H3/t20-/m0/s1. The van der Waals surface area contributed by atoms with E-state index in [0.29, 0.717) is 27.0 Å². The zero-order valence-corrected chi connectivity index (χ0v) is 23.4. The maximum absolute atomic E-state index is 15.4. The molecule has 0 N–H and O–H groups in total. The highest BCUT2D eigenvalue weighted by Gasteiger charge is 2.35. The van der Waals surface area contributed by atoms with Crippen molar-refractivity contribution in [2.24, 2.45) is 7.05 Å². The van der Waals surface area contributed by atoms with Crippen molar-refractivity contribution in [3.63, 3.8) is 0 Å². The molecule has 0 bridgehead atoms. The maximum atomic E-state index is 15.4. The van der Waals surface area contributed by atoms with Crippen molar-refractivity contribution in [2.75, 3.05) is 0 Å². The van der Waals surface area contributed by atoms with E-state index in [1.54, 1.807) is 13.2 Å². The zero-order chi connectivity index (χ0) is 32.0. The third kappa shape index (κ3) is 5.70. The first-order chi connectivity index (χ1) is 21.4. The van der Waals surface area contributed by atoms with Gasteiger partial charge in [0.2, 0.25) is 5.69 Å². The summed E-state index contributed by atoms with van der Waals surface area (Å²) in [5.74, 6) is -0.543. The van der Waals surface area contributed by atoms with Crippen molar-refractivity contribution in [2.45, 2.75) is 25.2 Å². The lowest BCUT2D eigenvalue weighted by Gasteiger charge is -2.18. The first-order valence-corrected chi connectivity index (χ1v) is 13.2. The average Bonchev–Trinajstić information content (AvgIpc) is 3.80. The van der Waals surface area contributed by atoms with E-state index < -0.39 is 30.3 Å². The molecule has 0 radical (unpaired) electrons. The summed E-state index contributed by atoms with van der Waals surface area (Å²) < 4.78 is 85.9. The molecule has 19 heteroatoms. The Morgan fingerprint density at radius 2 is 1.82 bits per heavy atom. The fourth-order valence-electron chi connectivity index (χ4n) is 4.72. The van der Waals surface area contributed by atoms with Crippen LogP contribution < -0.4 is 4.73 Å². The Bertz CT molecular complexity index is 2000. The fourth-order valence-corrected chi connectivity index (χ4v) is 4.88. The summed E-state index contributed by atoms with van der Waals surface area (Å²) in [6.07, 6.45) is 2.23. The Balaban J connectivity index is 1.43. The summed E-state index contributed by atoms with van der Waals surface area (Å²) in [5, 5.41) is 32.1. The van der Waals surface area contributed by atoms with Crippen LogP contribution in [0.15, 0.2) is 67.6 Å². The van der Waals surface area contributed by atoms with E-state index in [1.807, 2.05) is 0 Å². The van der Waals surface area contributed by atoms with Gasteiger partial charge in [0, 0.05) is 31.9 Å². The number of aryl methyl sites for hydroxylation is 1. The smallest absolute Gasteiger partial charge is 0.436 e. The highest BCUT2D eigenvalue weighted by Crippen LogP contribution is 2.35.